The Kier molecular flexibility index (Phi) is 8.69. The number of methoxy groups -OCH3 is 3. The second kappa shape index (κ2) is 13.0. The summed E-state index contributed by atoms with van der Waals surface area (Å²) in [5.41, 5.74) is 4.66. The van der Waals surface area contributed by atoms with Crippen LogP contribution in [0.3, 0.4) is 0 Å². The Morgan fingerprint density at radius 3 is 2.26 bits per heavy atom. The van der Waals surface area contributed by atoms with Gasteiger partial charge in [0.25, 0.3) is 5.91 Å². The molecule has 9 heteroatoms. The van der Waals surface area contributed by atoms with Crippen LogP contribution in [0, 0.1) is 0 Å². The van der Waals surface area contributed by atoms with E-state index in [1.807, 2.05) is 30.3 Å². The van der Waals surface area contributed by atoms with E-state index in [0.717, 1.165) is 74.4 Å². The lowest BCUT2D eigenvalue weighted by Gasteiger charge is -2.36. The molecule has 6 rings (SSSR count). The molecular formula is C34H41N5O4. The molecule has 1 saturated carbocycles. The third-order valence-corrected chi connectivity index (χ3v) is 8.74. The zero-order valence-electron chi connectivity index (χ0n) is 25.3. The quantitative estimate of drug-likeness (QED) is 0.237. The number of piperazine rings is 1. The third kappa shape index (κ3) is 5.99. The average molecular weight is 584 g/mol. The van der Waals surface area contributed by atoms with Gasteiger partial charge in [0.2, 0.25) is 5.75 Å². The topological polar surface area (TPSA) is 81.1 Å². The summed E-state index contributed by atoms with van der Waals surface area (Å²) >= 11 is 0. The summed E-state index contributed by atoms with van der Waals surface area (Å²) in [6.07, 6.45) is 4.27. The van der Waals surface area contributed by atoms with Crippen LogP contribution in [0.2, 0.25) is 0 Å². The first-order valence-electron chi connectivity index (χ1n) is 15.2. The van der Waals surface area contributed by atoms with Gasteiger partial charge in [0.15, 0.2) is 11.5 Å². The summed E-state index contributed by atoms with van der Waals surface area (Å²) in [5, 5.41) is 3.14. The monoisotopic (exact) mass is 583 g/mol. The number of carbonyl (C=O) groups is 1. The van der Waals surface area contributed by atoms with Gasteiger partial charge in [0.1, 0.15) is 5.82 Å². The molecule has 0 radical (unpaired) electrons. The molecule has 9 nitrogen and oxygen atoms in total. The minimum Gasteiger partial charge on any atom is -0.493 e. The van der Waals surface area contributed by atoms with Gasteiger partial charge in [-0.3, -0.25) is 9.69 Å². The van der Waals surface area contributed by atoms with Gasteiger partial charge < -0.3 is 29.0 Å². The summed E-state index contributed by atoms with van der Waals surface area (Å²) in [6.45, 7) is 5.77. The molecule has 3 aromatic carbocycles. The fourth-order valence-corrected chi connectivity index (χ4v) is 6.14. The molecule has 4 aromatic rings. The molecule has 1 aliphatic heterocycles. The molecule has 0 atom stereocenters. The SMILES string of the molecule is COc1cc(-c2nc3ccc(C(=O)NCCCN4CCN(c5ccccc5)CC4)cc3n2C2CCC2)cc(OC)c1OC. The molecule has 2 fully saturated rings. The fourth-order valence-electron chi connectivity index (χ4n) is 6.14. The smallest absolute Gasteiger partial charge is 0.251 e. The Morgan fingerprint density at radius 2 is 1.63 bits per heavy atom. The Morgan fingerprint density at radius 1 is 0.907 bits per heavy atom. The van der Waals surface area contributed by atoms with E-state index >= 15 is 0 Å². The van der Waals surface area contributed by atoms with Crippen LogP contribution in [0.1, 0.15) is 42.1 Å². The maximum Gasteiger partial charge on any atom is 0.251 e. The molecule has 1 aromatic heterocycles. The van der Waals surface area contributed by atoms with E-state index in [9.17, 15) is 4.79 Å². The Balaban J connectivity index is 1.13. The fraction of sp³-hybridized carbons (Fsp3) is 0.412. The number of carbonyl (C=O) groups excluding carboxylic acids is 1. The Labute approximate surface area is 253 Å². The molecule has 2 aliphatic rings. The van der Waals surface area contributed by atoms with Crippen molar-refractivity contribution in [3.8, 4) is 28.6 Å². The van der Waals surface area contributed by atoms with Gasteiger partial charge in [-0.1, -0.05) is 18.2 Å². The molecule has 226 valence electrons. The van der Waals surface area contributed by atoms with Crippen LogP contribution in [0.5, 0.6) is 17.2 Å². The molecule has 0 bridgehead atoms. The number of benzene rings is 3. The minimum atomic E-state index is -0.0495. The highest BCUT2D eigenvalue weighted by molar-refractivity contribution is 5.98. The number of hydrogen-bond donors (Lipinski definition) is 1. The molecule has 1 amide bonds. The van der Waals surface area contributed by atoms with E-state index in [-0.39, 0.29) is 5.91 Å². The lowest BCUT2D eigenvalue weighted by atomic mass is 9.92. The molecule has 2 heterocycles. The van der Waals surface area contributed by atoms with Crippen LogP contribution >= 0.6 is 0 Å². The summed E-state index contributed by atoms with van der Waals surface area (Å²) in [5.74, 6) is 2.51. The van der Waals surface area contributed by atoms with Crippen molar-refractivity contribution in [1.82, 2.24) is 19.8 Å². The summed E-state index contributed by atoms with van der Waals surface area (Å²) in [4.78, 5) is 23.2. The minimum absolute atomic E-state index is 0.0495. The van der Waals surface area contributed by atoms with E-state index in [1.165, 1.54) is 12.1 Å². The molecule has 1 aliphatic carbocycles. The van der Waals surface area contributed by atoms with Crippen molar-refractivity contribution in [2.24, 2.45) is 0 Å². The number of aromatic nitrogens is 2. The zero-order valence-corrected chi connectivity index (χ0v) is 25.3. The Bertz CT molecular complexity index is 1530. The first kappa shape index (κ1) is 28.9. The number of anilines is 1. The standard InChI is InChI=1S/C34H41N5O4/c1-41-30-22-25(23-31(42-2)32(30)43-3)33-36-28-14-13-24(21-29(28)39(33)27-11-7-12-27)34(40)35-15-8-16-37-17-19-38(20-18-37)26-9-5-4-6-10-26/h4-6,9-10,13-14,21-23,27H,7-8,11-12,15-20H2,1-3H3,(H,35,40). The van der Waals surface area contributed by atoms with Gasteiger partial charge in [-0.05, 0) is 74.7 Å². The number of para-hydroxylation sites is 1. The molecule has 1 saturated heterocycles. The van der Waals surface area contributed by atoms with Gasteiger partial charge in [-0.2, -0.15) is 0 Å². The van der Waals surface area contributed by atoms with Crippen LogP contribution in [-0.2, 0) is 0 Å². The predicted octanol–water partition coefficient (Wildman–Crippen LogP) is 5.40. The molecular weight excluding hydrogens is 542 g/mol. The van der Waals surface area contributed by atoms with Gasteiger partial charge in [-0.15, -0.1) is 0 Å². The van der Waals surface area contributed by atoms with Gasteiger partial charge in [0.05, 0.1) is 32.4 Å². The molecule has 1 N–H and O–H groups in total. The number of nitrogens with one attached hydrogen (secondary N) is 1. The lowest BCUT2D eigenvalue weighted by Crippen LogP contribution is -2.47. The lowest BCUT2D eigenvalue weighted by molar-refractivity contribution is 0.0951. The second-order valence-corrected chi connectivity index (χ2v) is 11.3. The normalized spacial score (nSPS) is 15.7. The number of imidazole rings is 1. The molecule has 0 spiro atoms. The van der Waals surface area contributed by atoms with Crippen LogP contribution in [0.25, 0.3) is 22.4 Å². The molecule has 0 unspecified atom stereocenters. The van der Waals surface area contributed by atoms with Crippen molar-refractivity contribution in [2.45, 2.75) is 31.7 Å². The summed E-state index contributed by atoms with van der Waals surface area (Å²) in [6, 6.07) is 20.6. The number of nitrogens with zero attached hydrogens (tertiary/aromatic N) is 4. The van der Waals surface area contributed by atoms with Crippen LogP contribution < -0.4 is 24.4 Å². The summed E-state index contributed by atoms with van der Waals surface area (Å²) < 4.78 is 19.0. The van der Waals surface area contributed by atoms with E-state index in [2.05, 4.69) is 50.0 Å². The maximum atomic E-state index is 13.2. The number of rotatable bonds is 11. The van der Waals surface area contributed by atoms with E-state index in [4.69, 9.17) is 19.2 Å². The Hall–Kier alpha value is -4.24. The largest absolute Gasteiger partial charge is 0.493 e. The van der Waals surface area contributed by atoms with Crippen molar-refractivity contribution >= 4 is 22.6 Å². The number of hydrogen-bond acceptors (Lipinski definition) is 7. The van der Waals surface area contributed by atoms with Crippen molar-refractivity contribution in [3.05, 3.63) is 66.2 Å². The number of fused-ring (bicyclic) bond motifs is 1. The predicted molar refractivity (Wildman–Crippen MR) is 170 cm³/mol. The van der Waals surface area contributed by atoms with Gasteiger partial charge in [-0.25, -0.2) is 4.98 Å². The highest BCUT2D eigenvalue weighted by Crippen LogP contribution is 2.44. The van der Waals surface area contributed by atoms with Crippen LogP contribution in [0.15, 0.2) is 60.7 Å². The summed E-state index contributed by atoms with van der Waals surface area (Å²) in [7, 11) is 4.84. The number of ether oxygens (including phenoxy) is 3. The van der Waals surface area contributed by atoms with Crippen molar-refractivity contribution < 1.29 is 19.0 Å². The van der Waals surface area contributed by atoms with Crippen molar-refractivity contribution in [2.75, 3.05) is 65.5 Å². The van der Waals surface area contributed by atoms with Crippen molar-refractivity contribution in [1.29, 1.82) is 0 Å². The van der Waals surface area contributed by atoms with E-state index in [1.54, 1.807) is 21.3 Å². The highest BCUT2D eigenvalue weighted by atomic mass is 16.5. The van der Waals surface area contributed by atoms with E-state index < -0.39 is 0 Å². The third-order valence-electron chi connectivity index (χ3n) is 8.74. The van der Waals surface area contributed by atoms with Crippen molar-refractivity contribution in [3.63, 3.8) is 0 Å². The average Bonchev–Trinajstić information content (AvgIpc) is 3.40. The maximum absolute atomic E-state index is 13.2. The number of amides is 1. The van der Waals surface area contributed by atoms with Gasteiger partial charge >= 0.3 is 0 Å². The second-order valence-electron chi connectivity index (χ2n) is 11.3. The van der Waals surface area contributed by atoms with Crippen LogP contribution in [-0.4, -0.2) is 81.0 Å². The van der Waals surface area contributed by atoms with Gasteiger partial charge in [0, 0.05) is 55.6 Å². The molecule has 43 heavy (non-hydrogen) atoms. The highest BCUT2D eigenvalue weighted by Gasteiger charge is 2.27. The first-order valence-corrected chi connectivity index (χ1v) is 15.2. The van der Waals surface area contributed by atoms with E-state index in [0.29, 0.717) is 35.4 Å². The first-order chi connectivity index (χ1) is 21.1. The zero-order chi connectivity index (χ0) is 29.8. The van der Waals surface area contributed by atoms with Crippen LogP contribution in [0.4, 0.5) is 5.69 Å².